The Morgan fingerprint density at radius 1 is 1.15 bits per heavy atom. The van der Waals surface area contributed by atoms with Crippen LogP contribution in [0.3, 0.4) is 0 Å². The summed E-state index contributed by atoms with van der Waals surface area (Å²) in [5.74, 6) is 0.695. The number of quaternary nitrogens is 1. The number of ether oxygens (including phenoxy) is 1. The highest BCUT2D eigenvalue weighted by Gasteiger charge is 2.18. The number of benzene rings is 2. The predicted molar refractivity (Wildman–Crippen MR) is 104 cm³/mol. The molecule has 2 aromatic rings. The van der Waals surface area contributed by atoms with Gasteiger partial charge in [-0.1, -0.05) is 0 Å². The van der Waals surface area contributed by atoms with Crippen molar-refractivity contribution in [3.8, 4) is 11.5 Å². The van der Waals surface area contributed by atoms with Gasteiger partial charge in [0.25, 0.3) is 5.91 Å². The molecule has 0 aliphatic carbocycles. The normalized spacial score (nSPS) is 15.0. The monoisotopic (exact) mass is 368 g/mol. The van der Waals surface area contributed by atoms with E-state index in [0.717, 1.165) is 29.1 Å². The quantitative estimate of drug-likeness (QED) is 0.537. The van der Waals surface area contributed by atoms with Crippen LogP contribution in [-0.4, -0.2) is 36.9 Å². The molecule has 0 bridgehead atoms. The van der Waals surface area contributed by atoms with E-state index in [-0.39, 0.29) is 11.7 Å². The number of hydrazone groups is 1. The Kier molecular flexibility index (Phi) is 6.08. The van der Waals surface area contributed by atoms with Crippen molar-refractivity contribution in [1.29, 1.82) is 0 Å². The number of hydrogen-bond acceptors (Lipinski definition) is 4. The van der Waals surface area contributed by atoms with E-state index in [9.17, 15) is 9.90 Å². The molecule has 0 unspecified atom stereocenters. The van der Waals surface area contributed by atoms with Gasteiger partial charge in [0.15, 0.2) is 0 Å². The standard InChI is InChI=1S/C21H25N3O3/c1-15(22-23-21(26)16-5-8-19(25)9-6-16)17-7-10-20(27-2)18(13-17)14-24-11-3-4-12-24/h5-10,13,25H,3-4,11-12,14H2,1-2H3,(H,23,26)/p+1/b22-15-. The maximum Gasteiger partial charge on any atom is 0.271 e. The molecule has 27 heavy (non-hydrogen) atoms. The summed E-state index contributed by atoms with van der Waals surface area (Å²) < 4.78 is 5.51. The first-order valence-corrected chi connectivity index (χ1v) is 9.21. The van der Waals surface area contributed by atoms with Crippen LogP contribution in [0.1, 0.15) is 41.3 Å². The fraction of sp³-hybridized carbons (Fsp3) is 0.333. The Hall–Kier alpha value is -2.86. The maximum atomic E-state index is 12.2. The lowest BCUT2D eigenvalue weighted by molar-refractivity contribution is -0.901. The fourth-order valence-corrected chi connectivity index (χ4v) is 3.34. The number of phenolic OH excluding ortho intramolecular Hbond substituents is 1. The van der Waals surface area contributed by atoms with Gasteiger partial charge >= 0.3 is 0 Å². The number of nitrogens with zero attached hydrogens (tertiary/aromatic N) is 1. The number of rotatable bonds is 6. The predicted octanol–water partition coefficient (Wildman–Crippen LogP) is 1.73. The molecular formula is C21H26N3O3+. The van der Waals surface area contributed by atoms with Crippen LogP contribution in [0.4, 0.5) is 0 Å². The highest BCUT2D eigenvalue weighted by molar-refractivity contribution is 6.01. The van der Waals surface area contributed by atoms with Crippen molar-refractivity contribution in [2.45, 2.75) is 26.3 Å². The average molecular weight is 368 g/mol. The van der Waals surface area contributed by atoms with E-state index in [1.165, 1.54) is 38.1 Å². The minimum atomic E-state index is -0.315. The van der Waals surface area contributed by atoms with Crippen molar-refractivity contribution in [3.05, 3.63) is 59.2 Å². The van der Waals surface area contributed by atoms with Gasteiger partial charge in [-0.05, 0) is 55.0 Å². The maximum absolute atomic E-state index is 12.2. The largest absolute Gasteiger partial charge is 0.508 e. The zero-order valence-electron chi connectivity index (χ0n) is 15.8. The third kappa shape index (κ3) is 4.86. The molecule has 0 aromatic heterocycles. The van der Waals surface area contributed by atoms with Crippen LogP contribution in [0.5, 0.6) is 11.5 Å². The molecule has 6 nitrogen and oxygen atoms in total. The molecule has 1 heterocycles. The summed E-state index contributed by atoms with van der Waals surface area (Å²) in [5, 5.41) is 13.5. The Bertz CT molecular complexity index is 825. The van der Waals surface area contributed by atoms with E-state index in [2.05, 4.69) is 16.6 Å². The molecular weight excluding hydrogens is 342 g/mol. The third-order valence-electron chi connectivity index (χ3n) is 4.90. The van der Waals surface area contributed by atoms with Crippen LogP contribution in [0.2, 0.25) is 0 Å². The second kappa shape index (κ2) is 8.68. The molecule has 1 aliphatic heterocycles. The fourth-order valence-electron chi connectivity index (χ4n) is 3.34. The molecule has 1 fully saturated rings. The highest BCUT2D eigenvalue weighted by atomic mass is 16.5. The molecule has 0 atom stereocenters. The number of carbonyl (C=O) groups is 1. The van der Waals surface area contributed by atoms with Crippen LogP contribution >= 0.6 is 0 Å². The van der Waals surface area contributed by atoms with E-state index in [0.29, 0.717) is 5.56 Å². The first-order valence-electron chi connectivity index (χ1n) is 9.21. The zero-order valence-corrected chi connectivity index (χ0v) is 15.8. The van der Waals surface area contributed by atoms with Gasteiger partial charge < -0.3 is 14.7 Å². The van der Waals surface area contributed by atoms with Gasteiger partial charge in [-0.3, -0.25) is 4.79 Å². The molecule has 0 spiro atoms. The Labute approximate surface area is 159 Å². The first kappa shape index (κ1) is 18.9. The molecule has 1 amide bonds. The summed E-state index contributed by atoms with van der Waals surface area (Å²) in [6.07, 6.45) is 2.56. The van der Waals surface area contributed by atoms with Crippen molar-refractivity contribution in [2.24, 2.45) is 5.10 Å². The Balaban J connectivity index is 1.72. The molecule has 6 heteroatoms. The smallest absolute Gasteiger partial charge is 0.271 e. The van der Waals surface area contributed by atoms with E-state index < -0.39 is 0 Å². The molecule has 3 rings (SSSR count). The SMILES string of the molecule is COc1ccc(/C(C)=N\NC(=O)c2ccc(O)cc2)cc1C[NH+]1CCCC1. The van der Waals surface area contributed by atoms with E-state index in [1.807, 2.05) is 19.1 Å². The summed E-state index contributed by atoms with van der Waals surface area (Å²) in [7, 11) is 1.69. The number of aromatic hydroxyl groups is 1. The summed E-state index contributed by atoms with van der Waals surface area (Å²) in [4.78, 5) is 13.7. The summed E-state index contributed by atoms with van der Waals surface area (Å²) >= 11 is 0. The van der Waals surface area contributed by atoms with Gasteiger partial charge in [0.2, 0.25) is 0 Å². The number of methoxy groups -OCH3 is 1. The van der Waals surface area contributed by atoms with Crippen LogP contribution in [-0.2, 0) is 6.54 Å². The Morgan fingerprint density at radius 2 is 1.81 bits per heavy atom. The van der Waals surface area contributed by atoms with Gasteiger partial charge in [0.05, 0.1) is 25.9 Å². The topological polar surface area (TPSA) is 75.4 Å². The number of nitrogens with one attached hydrogen (secondary N) is 2. The first-order chi connectivity index (χ1) is 13.1. The lowest BCUT2D eigenvalue weighted by Gasteiger charge is -2.15. The number of likely N-dealkylation sites (tertiary alicyclic amines) is 1. The van der Waals surface area contributed by atoms with Gasteiger partial charge in [-0.15, -0.1) is 0 Å². The zero-order chi connectivity index (χ0) is 19.2. The van der Waals surface area contributed by atoms with Gasteiger partial charge in [0, 0.05) is 24.0 Å². The summed E-state index contributed by atoms with van der Waals surface area (Å²) in [6.45, 7) is 5.20. The van der Waals surface area contributed by atoms with E-state index >= 15 is 0 Å². The summed E-state index contributed by atoms with van der Waals surface area (Å²) in [6, 6.07) is 12.1. The van der Waals surface area contributed by atoms with Gasteiger partial charge in [0.1, 0.15) is 18.0 Å². The third-order valence-corrected chi connectivity index (χ3v) is 4.90. The minimum absolute atomic E-state index is 0.122. The van der Waals surface area contributed by atoms with E-state index in [1.54, 1.807) is 24.1 Å². The van der Waals surface area contributed by atoms with E-state index in [4.69, 9.17) is 4.74 Å². The molecule has 1 aliphatic rings. The molecule has 142 valence electrons. The van der Waals surface area contributed by atoms with Crippen molar-refractivity contribution >= 4 is 11.6 Å². The van der Waals surface area contributed by atoms with Crippen LogP contribution in [0, 0.1) is 0 Å². The highest BCUT2D eigenvalue weighted by Crippen LogP contribution is 2.20. The second-order valence-corrected chi connectivity index (χ2v) is 6.85. The number of carbonyl (C=O) groups excluding carboxylic acids is 1. The second-order valence-electron chi connectivity index (χ2n) is 6.85. The van der Waals surface area contributed by atoms with Crippen LogP contribution in [0.25, 0.3) is 0 Å². The lowest BCUT2D eigenvalue weighted by atomic mass is 10.1. The van der Waals surface area contributed by atoms with Crippen LogP contribution < -0.4 is 15.1 Å². The molecule has 2 aromatic carbocycles. The molecule has 3 N–H and O–H groups in total. The van der Waals surface area contributed by atoms with Gasteiger partial charge in [-0.2, -0.15) is 5.10 Å². The van der Waals surface area contributed by atoms with Crippen molar-refractivity contribution < 1.29 is 19.5 Å². The van der Waals surface area contributed by atoms with Crippen molar-refractivity contribution in [3.63, 3.8) is 0 Å². The van der Waals surface area contributed by atoms with Crippen molar-refractivity contribution in [2.75, 3.05) is 20.2 Å². The van der Waals surface area contributed by atoms with Crippen LogP contribution in [0.15, 0.2) is 47.6 Å². The number of phenols is 1. The minimum Gasteiger partial charge on any atom is -0.508 e. The number of amides is 1. The number of hydrogen-bond donors (Lipinski definition) is 3. The summed E-state index contributed by atoms with van der Waals surface area (Å²) in [5.41, 5.74) is 5.85. The lowest BCUT2D eigenvalue weighted by Crippen LogP contribution is -3.08. The average Bonchev–Trinajstić information content (AvgIpc) is 3.19. The molecule has 0 radical (unpaired) electrons. The van der Waals surface area contributed by atoms with Gasteiger partial charge in [-0.25, -0.2) is 5.43 Å². The van der Waals surface area contributed by atoms with Crippen molar-refractivity contribution in [1.82, 2.24) is 5.43 Å². The molecule has 1 saturated heterocycles. The Morgan fingerprint density at radius 3 is 2.48 bits per heavy atom. The molecule has 0 saturated carbocycles.